The van der Waals surface area contributed by atoms with Crippen LogP contribution < -0.4 is 10.5 Å². The average molecular weight is 210 g/mol. The predicted octanol–water partition coefficient (Wildman–Crippen LogP) is 0.596. The Morgan fingerprint density at radius 2 is 2.27 bits per heavy atom. The molecule has 0 radical (unpaired) electrons. The van der Waals surface area contributed by atoms with Crippen molar-refractivity contribution in [2.75, 3.05) is 19.8 Å². The third-order valence-corrected chi connectivity index (χ3v) is 1.66. The van der Waals surface area contributed by atoms with Crippen LogP contribution in [0.1, 0.15) is 17.4 Å². The predicted molar refractivity (Wildman–Crippen MR) is 54.7 cm³/mol. The fourth-order valence-corrected chi connectivity index (χ4v) is 0.982. The minimum absolute atomic E-state index is 0.198. The van der Waals surface area contributed by atoms with Gasteiger partial charge in [-0.25, -0.2) is 4.98 Å². The van der Waals surface area contributed by atoms with Crippen molar-refractivity contribution in [2.24, 2.45) is 5.73 Å². The number of hydrogen-bond acceptors (Lipinski definition) is 4. The number of hydrogen-bond donors (Lipinski definition) is 1. The quantitative estimate of drug-likeness (QED) is 0.697. The van der Waals surface area contributed by atoms with E-state index in [2.05, 4.69) is 4.98 Å². The molecule has 5 heteroatoms. The highest BCUT2D eigenvalue weighted by molar-refractivity contribution is 5.90. The molecule has 0 aliphatic heterocycles. The van der Waals surface area contributed by atoms with Crippen LogP contribution in [0.4, 0.5) is 0 Å². The maximum atomic E-state index is 10.8. The molecule has 0 atom stereocenters. The van der Waals surface area contributed by atoms with Crippen molar-refractivity contribution in [3.8, 4) is 5.88 Å². The summed E-state index contributed by atoms with van der Waals surface area (Å²) >= 11 is 0. The lowest BCUT2D eigenvalue weighted by atomic mass is 10.3. The third kappa shape index (κ3) is 3.95. The van der Waals surface area contributed by atoms with E-state index in [1.165, 1.54) is 6.07 Å². The van der Waals surface area contributed by atoms with E-state index in [0.29, 0.717) is 25.7 Å². The highest BCUT2D eigenvalue weighted by atomic mass is 16.5. The number of rotatable bonds is 6. The van der Waals surface area contributed by atoms with Crippen molar-refractivity contribution in [2.45, 2.75) is 6.92 Å². The van der Waals surface area contributed by atoms with E-state index >= 15 is 0 Å². The van der Waals surface area contributed by atoms with Gasteiger partial charge < -0.3 is 15.2 Å². The van der Waals surface area contributed by atoms with Crippen molar-refractivity contribution in [1.29, 1.82) is 0 Å². The molecule has 0 spiro atoms. The zero-order valence-corrected chi connectivity index (χ0v) is 8.60. The van der Waals surface area contributed by atoms with Crippen LogP contribution in [0.15, 0.2) is 18.2 Å². The lowest BCUT2D eigenvalue weighted by Gasteiger charge is -2.05. The Balaban J connectivity index is 2.47. The Kier molecular flexibility index (Phi) is 4.56. The first-order chi connectivity index (χ1) is 7.24. The summed E-state index contributed by atoms with van der Waals surface area (Å²) in [6, 6.07) is 4.87. The summed E-state index contributed by atoms with van der Waals surface area (Å²) in [7, 11) is 0. The summed E-state index contributed by atoms with van der Waals surface area (Å²) in [6.07, 6.45) is 0. The van der Waals surface area contributed by atoms with Gasteiger partial charge in [0.2, 0.25) is 5.88 Å². The summed E-state index contributed by atoms with van der Waals surface area (Å²) in [5, 5.41) is 0. The molecular formula is C10H14N2O3. The first-order valence-electron chi connectivity index (χ1n) is 4.71. The summed E-state index contributed by atoms with van der Waals surface area (Å²) < 4.78 is 10.3. The lowest BCUT2D eigenvalue weighted by Crippen LogP contribution is -2.14. The molecule has 0 fully saturated rings. The topological polar surface area (TPSA) is 74.4 Å². The normalized spacial score (nSPS) is 9.93. The molecule has 15 heavy (non-hydrogen) atoms. The molecule has 0 bridgehead atoms. The van der Waals surface area contributed by atoms with Crippen molar-refractivity contribution < 1.29 is 14.3 Å². The van der Waals surface area contributed by atoms with Gasteiger partial charge in [0, 0.05) is 12.7 Å². The Bertz CT molecular complexity index is 328. The first-order valence-corrected chi connectivity index (χ1v) is 4.71. The van der Waals surface area contributed by atoms with E-state index in [4.69, 9.17) is 15.2 Å². The summed E-state index contributed by atoms with van der Waals surface area (Å²) in [5.41, 5.74) is 5.28. The maximum Gasteiger partial charge on any atom is 0.267 e. The molecule has 1 rings (SSSR count). The monoisotopic (exact) mass is 210 g/mol. The molecule has 0 unspecified atom stereocenters. The van der Waals surface area contributed by atoms with Gasteiger partial charge in [-0.05, 0) is 13.0 Å². The van der Waals surface area contributed by atoms with Gasteiger partial charge in [-0.1, -0.05) is 6.07 Å². The van der Waals surface area contributed by atoms with Gasteiger partial charge in [-0.3, -0.25) is 4.79 Å². The molecule has 1 aromatic heterocycles. The minimum atomic E-state index is -0.565. The minimum Gasteiger partial charge on any atom is -0.475 e. The van der Waals surface area contributed by atoms with Crippen LogP contribution in [0.3, 0.4) is 0 Å². The Morgan fingerprint density at radius 1 is 1.47 bits per heavy atom. The molecule has 82 valence electrons. The standard InChI is InChI=1S/C10H14N2O3/c1-2-14-6-7-15-9-5-3-4-8(12-9)10(11)13/h3-5H,2,6-7H2,1H3,(H2,11,13). The van der Waals surface area contributed by atoms with Crippen molar-refractivity contribution in [3.63, 3.8) is 0 Å². The van der Waals surface area contributed by atoms with E-state index in [1.54, 1.807) is 12.1 Å². The van der Waals surface area contributed by atoms with Crippen molar-refractivity contribution >= 4 is 5.91 Å². The van der Waals surface area contributed by atoms with Gasteiger partial charge in [0.05, 0.1) is 6.61 Å². The number of ether oxygens (including phenoxy) is 2. The molecule has 0 aliphatic rings. The highest BCUT2D eigenvalue weighted by Gasteiger charge is 2.03. The van der Waals surface area contributed by atoms with E-state index < -0.39 is 5.91 Å². The van der Waals surface area contributed by atoms with Gasteiger partial charge in [-0.2, -0.15) is 0 Å². The molecule has 1 heterocycles. The number of nitrogens with two attached hydrogens (primary N) is 1. The van der Waals surface area contributed by atoms with Crippen LogP contribution in [-0.4, -0.2) is 30.7 Å². The molecular weight excluding hydrogens is 196 g/mol. The van der Waals surface area contributed by atoms with Gasteiger partial charge in [0.25, 0.3) is 5.91 Å². The molecule has 0 aliphatic carbocycles. The zero-order valence-electron chi connectivity index (χ0n) is 8.60. The molecule has 0 saturated carbocycles. The molecule has 2 N–H and O–H groups in total. The number of carbonyl (C=O) groups is 1. The largest absolute Gasteiger partial charge is 0.475 e. The van der Waals surface area contributed by atoms with Gasteiger partial charge in [0.1, 0.15) is 12.3 Å². The molecule has 1 amide bonds. The van der Waals surface area contributed by atoms with Crippen LogP contribution >= 0.6 is 0 Å². The second kappa shape index (κ2) is 5.98. The van der Waals surface area contributed by atoms with Crippen LogP contribution in [0.25, 0.3) is 0 Å². The number of carbonyl (C=O) groups excluding carboxylic acids is 1. The number of pyridine rings is 1. The van der Waals surface area contributed by atoms with Gasteiger partial charge >= 0.3 is 0 Å². The van der Waals surface area contributed by atoms with E-state index in [1.807, 2.05) is 6.92 Å². The number of nitrogens with zero attached hydrogens (tertiary/aromatic N) is 1. The second-order valence-corrected chi connectivity index (χ2v) is 2.77. The maximum absolute atomic E-state index is 10.8. The Hall–Kier alpha value is -1.62. The molecule has 5 nitrogen and oxygen atoms in total. The summed E-state index contributed by atoms with van der Waals surface area (Å²) in [4.78, 5) is 14.7. The van der Waals surface area contributed by atoms with Crippen molar-refractivity contribution in [1.82, 2.24) is 4.98 Å². The van der Waals surface area contributed by atoms with Crippen LogP contribution in [0.2, 0.25) is 0 Å². The number of amides is 1. The third-order valence-electron chi connectivity index (χ3n) is 1.66. The molecule has 0 saturated heterocycles. The van der Waals surface area contributed by atoms with E-state index in [9.17, 15) is 4.79 Å². The van der Waals surface area contributed by atoms with Crippen molar-refractivity contribution in [3.05, 3.63) is 23.9 Å². The smallest absolute Gasteiger partial charge is 0.267 e. The zero-order chi connectivity index (χ0) is 11.1. The van der Waals surface area contributed by atoms with E-state index in [-0.39, 0.29) is 5.69 Å². The van der Waals surface area contributed by atoms with E-state index in [0.717, 1.165) is 0 Å². The average Bonchev–Trinajstić information content (AvgIpc) is 2.25. The fourth-order valence-electron chi connectivity index (χ4n) is 0.982. The molecule has 0 aromatic carbocycles. The second-order valence-electron chi connectivity index (χ2n) is 2.77. The lowest BCUT2D eigenvalue weighted by molar-refractivity contribution is 0.0990. The summed E-state index contributed by atoms with van der Waals surface area (Å²) in [6.45, 7) is 3.46. The Labute approximate surface area is 88.2 Å². The number of primary amides is 1. The SMILES string of the molecule is CCOCCOc1cccc(C(N)=O)n1. The Morgan fingerprint density at radius 3 is 2.93 bits per heavy atom. The summed E-state index contributed by atoms with van der Waals surface area (Å²) in [5.74, 6) is -0.184. The molecule has 1 aromatic rings. The van der Waals surface area contributed by atoms with Crippen LogP contribution in [-0.2, 0) is 4.74 Å². The number of aromatic nitrogens is 1. The van der Waals surface area contributed by atoms with Gasteiger partial charge in [0.15, 0.2) is 0 Å². The first kappa shape index (κ1) is 11.5. The van der Waals surface area contributed by atoms with Crippen LogP contribution in [0.5, 0.6) is 5.88 Å². The van der Waals surface area contributed by atoms with Crippen LogP contribution in [0, 0.1) is 0 Å². The fraction of sp³-hybridized carbons (Fsp3) is 0.400. The van der Waals surface area contributed by atoms with Gasteiger partial charge in [-0.15, -0.1) is 0 Å². The highest BCUT2D eigenvalue weighted by Crippen LogP contribution is 2.06.